The predicted molar refractivity (Wildman–Crippen MR) is 126 cm³/mol. The zero-order chi connectivity index (χ0) is 24.5. The molecule has 0 aliphatic rings. The molecule has 0 unspecified atom stereocenters. The third-order valence-electron chi connectivity index (χ3n) is 4.64. The van der Waals surface area contributed by atoms with Crippen molar-refractivity contribution in [1.29, 1.82) is 0 Å². The Morgan fingerprint density at radius 2 is 1.47 bits per heavy atom. The number of nitrogens with one attached hydrogen (secondary N) is 1. The summed E-state index contributed by atoms with van der Waals surface area (Å²) in [6.45, 7) is -0.724. The molecular formula is C25H22ClNO7. The van der Waals surface area contributed by atoms with E-state index in [1.165, 1.54) is 32.4 Å². The zero-order valence-electron chi connectivity index (χ0n) is 18.5. The number of hydrogen-bond acceptors (Lipinski definition) is 7. The Morgan fingerprint density at radius 3 is 2.18 bits per heavy atom. The monoisotopic (exact) mass is 483 g/mol. The van der Waals surface area contributed by atoms with Crippen molar-refractivity contribution in [2.75, 3.05) is 32.8 Å². The Kier molecular flexibility index (Phi) is 8.48. The molecule has 34 heavy (non-hydrogen) atoms. The van der Waals surface area contributed by atoms with Crippen molar-refractivity contribution in [2.45, 2.75) is 0 Å². The summed E-state index contributed by atoms with van der Waals surface area (Å²) in [6, 6.07) is 17.6. The second kappa shape index (κ2) is 11.7. The number of benzene rings is 3. The lowest BCUT2D eigenvalue weighted by Crippen LogP contribution is -2.20. The van der Waals surface area contributed by atoms with Crippen molar-refractivity contribution in [1.82, 2.24) is 0 Å². The minimum atomic E-state index is -0.707. The highest BCUT2D eigenvalue weighted by atomic mass is 35.5. The molecule has 0 aliphatic heterocycles. The first-order chi connectivity index (χ1) is 16.4. The number of amides is 1. The topological polar surface area (TPSA) is 100 Å². The third-order valence-corrected chi connectivity index (χ3v) is 4.89. The van der Waals surface area contributed by atoms with Gasteiger partial charge in [-0.25, -0.2) is 4.79 Å². The molecule has 0 radical (unpaired) electrons. The highest BCUT2D eigenvalue weighted by Crippen LogP contribution is 2.29. The molecule has 0 fully saturated rings. The van der Waals surface area contributed by atoms with Crippen molar-refractivity contribution in [3.05, 3.63) is 82.9 Å². The van der Waals surface area contributed by atoms with Gasteiger partial charge in [0, 0.05) is 10.6 Å². The van der Waals surface area contributed by atoms with Gasteiger partial charge in [-0.1, -0.05) is 23.7 Å². The van der Waals surface area contributed by atoms with E-state index in [0.717, 1.165) is 0 Å². The average Bonchev–Trinajstić information content (AvgIpc) is 2.86. The number of hydrogen-bond donors (Lipinski definition) is 1. The standard InChI is InChI=1S/C25H22ClNO7/c1-31-21-6-4-3-5-19(21)27-24(29)15-33-22-12-9-17(13-23(22)32-2)25(30)34-14-20(28)16-7-10-18(26)11-8-16/h3-13H,14-15H2,1-2H3,(H,27,29). The van der Waals surface area contributed by atoms with Crippen LogP contribution in [-0.4, -0.2) is 45.1 Å². The first kappa shape index (κ1) is 24.6. The minimum absolute atomic E-state index is 0.159. The van der Waals surface area contributed by atoms with Crippen LogP contribution in [0.1, 0.15) is 20.7 Å². The van der Waals surface area contributed by atoms with Crippen LogP contribution in [0.4, 0.5) is 5.69 Å². The van der Waals surface area contributed by atoms with Crippen molar-refractivity contribution in [3.63, 3.8) is 0 Å². The van der Waals surface area contributed by atoms with Gasteiger partial charge in [0.25, 0.3) is 5.91 Å². The van der Waals surface area contributed by atoms with Gasteiger partial charge >= 0.3 is 5.97 Å². The van der Waals surface area contributed by atoms with Gasteiger partial charge in [0.15, 0.2) is 30.5 Å². The van der Waals surface area contributed by atoms with E-state index in [0.29, 0.717) is 22.0 Å². The maximum atomic E-state index is 12.4. The molecule has 0 saturated heterocycles. The fourth-order valence-electron chi connectivity index (χ4n) is 2.92. The number of Topliss-reactive ketones (excluding diaryl/α,β-unsaturated/α-hetero) is 1. The minimum Gasteiger partial charge on any atom is -0.495 e. The molecule has 0 heterocycles. The molecule has 9 heteroatoms. The number of rotatable bonds is 10. The van der Waals surface area contributed by atoms with Crippen LogP contribution < -0.4 is 19.5 Å². The molecule has 3 rings (SSSR count). The Labute approximate surface area is 201 Å². The second-order valence-electron chi connectivity index (χ2n) is 6.91. The number of ketones is 1. The number of carbonyl (C=O) groups excluding carboxylic acids is 3. The van der Waals surface area contributed by atoms with E-state index < -0.39 is 18.5 Å². The zero-order valence-corrected chi connectivity index (χ0v) is 19.3. The fourth-order valence-corrected chi connectivity index (χ4v) is 3.05. The first-order valence-corrected chi connectivity index (χ1v) is 10.5. The van der Waals surface area contributed by atoms with E-state index in [9.17, 15) is 14.4 Å². The van der Waals surface area contributed by atoms with Gasteiger partial charge in [-0.3, -0.25) is 9.59 Å². The van der Waals surface area contributed by atoms with Crippen LogP contribution >= 0.6 is 11.6 Å². The van der Waals surface area contributed by atoms with Gasteiger partial charge in [-0.15, -0.1) is 0 Å². The Bertz CT molecular complexity index is 1180. The summed E-state index contributed by atoms with van der Waals surface area (Å²) in [5, 5.41) is 3.20. The Morgan fingerprint density at radius 1 is 0.794 bits per heavy atom. The van der Waals surface area contributed by atoms with Crippen LogP contribution in [0.2, 0.25) is 5.02 Å². The van der Waals surface area contributed by atoms with Gasteiger partial charge in [-0.05, 0) is 54.6 Å². The van der Waals surface area contributed by atoms with Gasteiger partial charge in [0.05, 0.1) is 25.5 Å². The highest BCUT2D eigenvalue weighted by molar-refractivity contribution is 6.30. The Hall–Kier alpha value is -4.04. The number of carbonyl (C=O) groups is 3. The molecule has 0 atom stereocenters. The van der Waals surface area contributed by atoms with Crippen molar-refractivity contribution in [2.24, 2.45) is 0 Å². The molecule has 3 aromatic carbocycles. The van der Waals surface area contributed by atoms with E-state index in [2.05, 4.69) is 5.32 Å². The number of halogens is 1. The van der Waals surface area contributed by atoms with E-state index >= 15 is 0 Å². The summed E-state index contributed by atoms with van der Waals surface area (Å²) in [4.78, 5) is 36.8. The molecule has 0 aromatic heterocycles. The molecule has 0 bridgehead atoms. The highest BCUT2D eigenvalue weighted by Gasteiger charge is 2.16. The van der Waals surface area contributed by atoms with Gasteiger partial charge < -0.3 is 24.3 Å². The van der Waals surface area contributed by atoms with Crippen LogP contribution in [0.25, 0.3) is 0 Å². The largest absolute Gasteiger partial charge is 0.495 e. The Balaban J connectivity index is 1.57. The molecule has 3 aromatic rings. The number of para-hydroxylation sites is 2. The van der Waals surface area contributed by atoms with E-state index in [4.69, 9.17) is 30.5 Å². The first-order valence-electron chi connectivity index (χ1n) is 10.1. The summed E-state index contributed by atoms with van der Waals surface area (Å²) in [6.07, 6.45) is 0. The quantitative estimate of drug-likeness (QED) is 0.336. The van der Waals surface area contributed by atoms with E-state index in [1.54, 1.807) is 48.5 Å². The number of methoxy groups -OCH3 is 2. The van der Waals surface area contributed by atoms with Crippen LogP contribution in [-0.2, 0) is 9.53 Å². The lowest BCUT2D eigenvalue weighted by Gasteiger charge is -2.13. The summed E-state index contributed by atoms with van der Waals surface area (Å²) in [5.74, 6) is -0.476. The molecule has 176 valence electrons. The number of anilines is 1. The summed E-state index contributed by atoms with van der Waals surface area (Å²) >= 11 is 5.81. The maximum Gasteiger partial charge on any atom is 0.338 e. The van der Waals surface area contributed by atoms with E-state index in [-0.39, 0.29) is 29.5 Å². The molecule has 1 amide bonds. The smallest absolute Gasteiger partial charge is 0.338 e. The van der Waals surface area contributed by atoms with Crippen molar-refractivity contribution in [3.8, 4) is 17.2 Å². The third kappa shape index (κ3) is 6.49. The number of esters is 1. The number of ether oxygens (including phenoxy) is 4. The molecule has 0 saturated carbocycles. The van der Waals surface area contributed by atoms with E-state index in [1.807, 2.05) is 0 Å². The lowest BCUT2D eigenvalue weighted by atomic mass is 10.1. The van der Waals surface area contributed by atoms with Gasteiger partial charge in [0.2, 0.25) is 0 Å². The van der Waals surface area contributed by atoms with Crippen LogP contribution in [0, 0.1) is 0 Å². The predicted octanol–water partition coefficient (Wildman–Crippen LogP) is 4.41. The molecule has 0 aliphatic carbocycles. The SMILES string of the molecule is COc1ccccc1NC(=O)COc1ccc(C(=O)OCC(=O)c2ccc(Cl)cc2)cc1OC. The van der Waals surface area contributed by atoms with Crippen molar-refractivity contribution < 1.29 is 33.3 Å². The lowest BCUT2D eigenvalue weighted by molar-refractivity contribution is -0.118. The van der Waals surface area contributed by atoms with Crippen LogP contribution in [0.3, 0.4) is 0 Å². The summed E-state index contributed by atoms with van der Waals surface area (Å²) in [5.41, 5.74) is 1.05. The van der Waals surface area contributed by atoms with Gasteiger partial charge in [0.1, 0.15) is 5.75 Å². The molecular weight excluding hydrogens is 462 g/mol. The van der Waals surface area contributed by atoms with Crippen LogP contribution in [0.5, 0.6) is 17.2 Å². The van der Waals surface area contributed by atoms with Gasteiger partial charge in [-0.2, -0.15) is 0 Å². The summed E-state index contributed by atoms with van der Waals surface area (Å²) in [7, 11) is 2.91. The average molecular weight is 484 g/mol. The summed E-state index contributed by atoms with van der Waals surface area (Å²) < 4.78 is 21.1. The molecule has 0 spiro atoms. The fraction of sp³-hybridized carbons (Fsp3) is 0.160. The normalized spacial score (nSPS) is 10.2. The molecule has 1 N–H and O–H groups in total. The molecule has 8 nitrogen and oxygen atoms in total. The maximum absolute atomic E-state index is 12.4. The second-order valence-corrected chi connectivity index (χ2v) is 7.35. The van der Waals surface area contributed by atoms with Crippen LogP contribution in [0.15, 0.2) is 66.7 Å². The van der Waals surface area contributed by atoms with Crippen molar-refractivity contribution >= 4 is 34.9 Å².